The first-order valence-electron chi connectivity index (χ1n) is 6.33. The van der Waals surface area contributed by atoms with Crippen molar-refractivity contribution in [2.45, 2.75) is 20.3 Å². The summed E-state index contributed by atoms with van der Waals surface area (Å²) in [7, 11) is 0. The third-order valence-electron chi connectivity index (χ3n) is 3.41. The van der Waals surface area contributed by atoms with Crippen molar-refractivity contribution in [2.75, 3.05) is 18.0 Å². The molecule has 0 radical (unpaired) electrons. The van der Waals surface area contributed by atoms with Crippen LogP contribution < -0.4 is 4.90 Å². The van der Waals surface area contributed by atoms with E-state index in [1.165, 1.54) is 12.1 Å². The van der Waals surface area contributed by atoms with Crippen LogP contribution in [0.4, 0.5) is 5.69 Å². The fourth-order valence-corrected chi connectivity index (χ4v) is 3.02. The number of rotatable bonds is 3. The van der Waals surface area contributed by atoms with E-state index in [1.807, 2.05) is 18.2 Å². The van der Waals surface area contributed by atoms with E-state index in [0.717, 1.165) is 29.2 Å². The first-order valence-corrected chi connectivity index (χ1v) is 7.12. The standard InChI is InChI=1S/C15H18BrNO2/c1-15(2)7-8-17(10-15)13-5-3-11(9-12(13)16)4-6-14(18)19/h3-6,9H,7-8,10H2,1-2H3,(H,18,19)/b6-4+. The zero-order valence-corrected chi connectivity index (χ0v) is 12.8. The Kier molecular flexibility index (Phi) is 3.99. The molecular formula is C15H18BrNO2. The van der Waals surface area contributed by atoms with Crippen LogP contribution in [-0.4, -0.2) is 24.2 Å². The van der Waals surface area contributed by atoms with Crippen molar-refractivity contribution in [3.63, 3.8) is 0 Å². The van der Waals surface area contributed by atoms with Crippen LogP contribution >= 0.6 is 15.9 Å². The predicted molar refractivity (Wildman–Crippen MR) is 81.4 cm³/mol. The van der Waals surface area contributed by atoms with Crippen LogP contribution in [0.3, 0.4) is 0 Å². The second kappa shape index (κ2) is 5.37. The molecule has 0 unspecified atom stereocenters. The van der Waals surface area contributed by atoms with Gasteiger partial charge in [0.2, 0.25) is 0 Å². The monoisotopic (exact) mass is 323 g/mol. The summed E-state index contributed by atoms with van der Waals surface area (Å²) in [5, 5.41) is 8.62. The molecule has 1 aliphatic heterocycles. The summed E-state index contributed by atoms with van der Waals surface area (Å²) in [6.07, 6.45) is 3.95. The molecule has 1 N–H and O–H groups in total. The molecule has 1 saturated heterocycles. The van der Waals surface area contributed by atoms with Crippen molar-refractivity contribution < 1.29 is 9.90 Å². The minimum atomic E-state index is -0.929. The van der Waals surface area contributed by atoms with Gasteiger partial charge in [0.05, 0.1) is 5.69 Å². The maximum Gasteiger partial charge on any atom is 0.328 e. The number of hydrogen-bond acceptors (Lipinski definition) is 2. The van der Waals surface area contributed by atoms with Gasteiger partial charge < -0.3 is 10.0 Å². The van der Waals surface area contributed by atoms with Crippen LogP contribution in [0.15, 0.2) is 28.7 Å². The lowest BCUT2D eigenvalue weighted by Crippen LogP contribution is -2.22. The molecule has 1 aromatic rings. The lowest BCUT2D eigenvalue weighted by molar-refractivity contribution is -0.131. The van der Waals surface area contributed by atoms with Crippen LogP contribution in [0.5, 0.6) is 0 Å². The van der Waals surface area contributed by atoms with Crippen molar-refractivity contribution in [3.05, 3.63) is 34.3 Å². The van der Waals surface area contributed by atoms with Gasteiger partial charge in [-0.2, -0.15) is 0 Å². The minimum Gasteiger partial charge on any atom is -0.478 e. The fourth-order valence-electron chi connectivity index (χ4n) is 2.37. The third kappa shape index (κ3) is 3.60. The van der Waals surface area contributed by atoms with Crippen LogP contribution in [-0.2, 0) is 4.79 Å². The van der Waals surface area contributed by atoms with E-state index >= 15 is 0 Å². The van der Waals surface area contributed by atoms with Gasteiger partial charge in [-0.15, -0.1) is 0 Å². The normalized spacial score (nSPS) is 18.2. The van der Waals surface area contributed by atoms with E-state index in [-0.39, 0.29) is 0 Å². The van der Waals surface area contributed by atoms with Gasteiger partial charge in [-0.1, -0.05) is 19.9 Å². The maximum atomic E-state index is 10.5. The highest BCUT2D eigenvalue weighted by Gasteiger charge is 2.29. The van der Waals surface area contributed by atoms with Gasteiger partial charge in [-0.3, -0.25) is 0 Å². The number of carbonyl (C=O) groups is 1. The molecule has 0 bridgehead atoms. The average Bonchev–Trinajstić information content (AvgIpc) is 2.67. The second-order valence-corrected chi connectivity index (χ2v) is 6.57. The van der Waals surface area contributed by atoms with Crippen molar-refractivity contribution in [2.24, 2.45) is 5.41 Å². The summed E-state index contributed by atoms with van der Waals surface area (Å²) < 4.78 is 1.01. The van der Waals surface area contributed by atoms with E-state index in [9.17, 15) is 4.79 Å². The van der Waals surface area contributed by atoms with E-state index in [1.54, 1.807) is 6.08 Å². The Balaban J connectivity index is 2.18. The molecule has 2 rings (SSSR count). The Morgan fingerprint density at radius 1 is 1.47 bits per heavy atom. The summed E-state index contributed by atoms with van der Waals surface area (Å²) in [6, 6.07) is 5.96. The highest BCUT2D eigenvalue weighted by atomic mass is 79.9. The van der Waals surface area contributed by atoms with Gasteiger partial charge in [-0.25, -0.2) is 4.79 Å². The molecule has 1 aromatic carbocycles. The molecule has 1 heterocycles. The Morgan fingerprint density at radius 3 is 2.74 bits per heavy atom. The molecule has 0 aliphatic carbocycles. The lowest BCUT2D eigenvalue weighted by Gasteiger charge is -2.23. The van der Waals surface area contributed by atoms with Gasteiger partial charge in [0.25, 0.3) is 0 Å². The quantitative estimate of drug-likeness (QED) is 0.860. The zero-order chi connectivity index (χ0) is 14.0. The van der Waals surface area contributed by atoms with Crippen LogP contribution in [0.2, 0.25) is 0 Å². The molecule has 0 saturated carbocycles. The molecule has 3 nitrogen and oxygen atoms in total. The molecule has 0 atom stereocenters. The Hall–Kier alpha value is -1.29. The number of nitrogens with zero attached hydrogens (tertiary/aromatic N) is 1. The number of carboxylic acids is 1. The minimum absolute atomic E-state index is 0.362. The molecule has 19 heavy (non-hydrogen) atoms. The molecule has 102 valence electrons. The van der Waals surface area contributed by atoms with Gasteiger partial charge in [0.1, 0.15) is 0 Å². The Labute approximate surface area is 122 Å². The molecule has 0 aromatic heterocycles. The van der Waals surface area contributed by atoms with Crippen LogP contribution in [0.1, 0.15) is 25.8 Å². The number of hydrogen-bond donors (Lipinski definition) is 1. The number of anilines is 1. The maximum absolute atomic E-state index is 10.5. The number of halogens is 1. The van der Waals surface area contributed by atoms with E-state index in [2.05, 4.69) is 34.7 Å². The molecule has 0 amide bonds. The predicted octanol–water partition coefficient (Wildman–Crippen LogP) is 3.78. The van der Waals surface area contributed by atoms with Gasteiger partial charge in [0, 0.05) is 23.6 Å². The van der Waals surface area contributed by atoms with Crippen LogP contribution in [0, 0.1) is 5.41 Å². The van der Waals surface area contributed by atoms with Crippen molar-refractivity contribution in [1.29, 1.82) is 0 Å². The zero-order valence-electron chi connectivity index (χ0n) is 11.2. The lowest BCUT2D eigenvalue weighted by atomic mass is 9.93. The number of benzene rings is 1. The molecule has 4 heteroatoms. The SMILES string of the molecule is CC1(C)CCN(c2ccc(/C=C/C(=O)O)cc2Br)C1. The van der Waals surface area contributed by atoms with Crippen molar-refractivity contribution >= 4 is 33.7 Å². The molecular weight excluding hydrogens is 306 g/mol. The first-order chi connectivity index (χ1) is 8.87. The van der Waals surface area contributed by atoms with E-state index in [4.69, 9.17) is 5.11 Å². The number of aliphatic carboxylic acids is 1. The Morgan fingerprint density at radius 2 is 2.21 bits per heavy atom. The van der Waals surface area contributed by atoms with Gasteiger partial charge >= 0.3 is 5.97 Å². The summed E-state index contributed by atoms with van der Waals surface area (Å²) in [4.78, 5) is 12.9. The molecule has 1 aliphatic rings. The number of carboxylic acid groups (broad SMARTS) is 1. The van der Waals surface area contributed by atoms with Gasteiger partial charge in [-0.05, 0) is 51.5 Å². The average molecular weight is 324 g/mol. The largest absolute Gasteiger partial charge is 0.478 e. The van der Waals surface area contributed by atoms with Crippen molar-refractivity contribution in [1.82, 2.24) is 0 Å². The fraction of sp³-hybridized carbons (Fsp3) is 0.400. The Bertz CT molecular complexity index is 523. The first kappa shape index (κ1) is 14.1. The van der Waals surface area contributed by atoms with Gasteiger partial charge in [0.15, 0.2) is 0 Å². The smallest absolute Gasteiger partial charge is 0.328 e. The topological polar surface area (TPSA) is 40.5 Å². The summed E-state index contributed by atoms with van der Waals surface area (Å²) >= 11 is 3.58. The summed E-state index contributed by atoms with van der Waals surface area (Å²) in [5.74, 6) is -0.929. The third-order valence-corrected chi connectivity index (χ3v) is 4.04. The van der Waals surface area contributed by atoms with E-state index < -0.39 is 5.97 Å². The highest BCUT2D eigenvalue weighted by Crippen LogP contribution is 2.36. The summed E-state index contributed by atoms with van der Waals surface area (Å²) in [5.41, 5.74) is 2.43. The second-order valence-electron chi connectivity index (χ2n) is 5.72. The highest BCUT2D eigenvalue weighted by molar-refractivity contribution is 9.10. The summed E-state index contributed by atoms with van der Waals surface area (Å²) in [6.45, 7) is 6.68. The molecule has 1 fully saturated rings. The van der Waals surface area contributed by atoms with E-state index in [0.29, 0.717) is 5.41 Å². The molecule has 0 spiro atoms. The van der Waals surface area contributed by atoms with Crippen LogP contribution in [0.25, 0.3) is 6.08 Å². The van der Waals surface area contributed by atoms with Crippen molar-refractivity contribution in [3.8, 4) is 0 Å².